The van der Waals surface area contributed by atoms with Gasteiger partial charge in [-0.15, -0.1) is 0 Å². The number of benzene rings is 1. The van der Waals surface area contributed by atoms with Crippen molar-refractivity contribution in [3.8, 4) is 0 Å². The molecule has 0 radical (unpaired) electrons. The van der Waals surface area contributed by atoms with Crippen LogP contribution in [0.25, 0.3) is 6.08 Å². The molecule has 0 aromatic heterocycles. The Morgan fingerprint density at radius 3 is 2.31 bits per heavy atom. The molecule has 0 bridgehead atoms. The number of rotatable bonds is 1. The minimum Gasteiger partial charge on any atom is -0.398 e. The molecule has 0 unspecified atom stereocenters. The third kappa shape index (κ3) is 3.32. The first kappa shape index (κ1) is 9.85. The Bertz CT molecular complexity index is 305. The van der Waals surface area contributed by atoms with Crippen molar-refractivity contribution in [3.63, 3.8) is 0 Å². The fraction of sp³-hybridized carbons (Fsp3) is 0.333. The molecule has 0 spiro atoms. The number of hydrogen-bond acceptors (Lipinski definition) is 1. The Morgan fingerprint density at radius 2 is 1.77 bits per heavy atom. The third-order valence-corrected chi connectivity index (χ3v) is 1.76. The highest BCUT2D eigenvalue weighted by Crippen LogP contribution is 2.19. The van der Waals surface area contributed by atoms with Crippen molar-refractivity contribution in [2.75, 3.05) is 5.73 Å². The molecule has 0 amide bonds. The molecule has 1 rings (SSSR count). The van der Waals surface area contributed by atoms with E-state index < -0.39 is 0 Å². The molecule has 0 saturated heterocycles. The second kappa shape index (κ2) is 3.65. The van der Waals surface area contributed by atoms with Gasteiger partial charge in [0.05, 0.1) is 0 Å². The Balaban J connectivity index is 2.86. The molecule has 0 aliphatic heterocycles. The Hall–Kier alpha value is -1.24. The standard InChI is InChI=1S/C12H17N/c1-12(2,3)9-8-10-6-4-5-7-11(10)13/h4-9H,13H2,1-3H3/b9-8+. The van der Waals surface area contributed by atoms with Gasteiger partial charge < -0.3 is 5.73 Å². The molecule has 1 aromatic rings. The van der Waals surface area contributed by atoms with Crippen LogP contribution in [0.4, 0.5) is 5.69 Å². The maximum absolute atomic E-state index is 5.80. The van der Waals surface area contributed by atoms with Crippen LogP contribution in [0.2, 0.25) is 0 Å². The second-order valence-electron chi connectivity index (χ2n) is 4.33. The van der Waals surface area contributed by atoms with Gasteiger partial charge in [-0.3, -0.25) is 0 Å². The quantitative estimate of drug-likeness (QED) is 0.651. The number of allylic oxidation sites excluding steroid dienone is 1. The molecule has 0 aliphatic carbocycles. The van der Waals surface area contributed by atoms with E-state index in [9.17, 15) is 0 Å². The zero-order chi connectivity index (χ0) is 9.90. The Morgan fingerprint density at radius 1 is 1.15 bits per heavy atom. The van der Waals surface area contributed by atoms with Crippen LogP contribution in [0.5, 0.6) is 0 Å². The molecule has 13 heavy (non-hydrogen) atoms. The highest BCUT2D eigenvalue weighted by atomic mass is 14.5. The lowest BCUT2D eigenvalue weighted by atomic mass is 9.95. The van der Waals surface area contributed by atoms with E-state index in [2.05, 4.69) is 32.9 Å². The number of para-hydroxylation sites is 1. The molecule has 1 heteroatoms. The second-order valence-corrected chi connectivity index (χ2v) is 4.33. The van der Waals surface area contributed by atoms with E-state index in [1.54, 1.807) is 0 Å². The molecule has 2 N–H and O–H groups in total. The molecule has 0 atom stereocenters. The number of hydrogen-bond donors (Lipinski definition) is 1. The fourth-order valence-corrected chi connectivity index (χ4v) is 1.00. The normalized spacial score (nSPS) is 12.2. The van der Waals surface area contributed by atoms with Crippen LogP contribution in [-0.2, 0) is 0 Å². The van der Waals surface area contributed by atoms with Crippen LogP contribution in [0.1, 0.15) is 26.3 Å². The largest absolute Gasteiger partial charge is 0.398 e. The Kier molecular flexibility index (Phi) is 2.76. The lowest BCUT2D eigenvalue weighted by Gasteiger charge is -2.11. The van der Waals surface area contributed by atoms with Crippen molar-refractivity contribution in [1.29, 1.82) is 0 Å². The monoisotopic (exact) mass is 175 g/mol. The average Bonchev–Trinajstić information content (AvgIpc) is 2.01. The summed E-state index contributed by atoms with van der Waals surface area (Å²) in [4.78, 5) is 0. The van der Waals surface area contributed by atoms with Crippen molar-refractivity contribution in [2.24, 2.45) is 5.41 Å². The molecule has 0 aliphatic rings. The predicted octanol–water partition coefficient (Wildman–Crippen LogP) is 3.33. The molecule has 1 nitrogen and oxygen atoms in total. The van der Waals surface area contributed by atoms with Crippen molar-refractivity contribution in [3.05, 3.63) is 35.9 Å². The zero-order valence-electron chi connectivity index (χ0n) is 8.54. The maximum atomic E-state index is 5.80. The van der Waals surface area contributed by atoms with Gasteiger partial charge in [-0.2, -0.15) is 0 Å². The van der Waals surface area contributed by atoms with Gasteiger partial charge in [-0.25, -0.2) is 0 Å². The van der Waals surface area contributed by atoms with Crippen LogP contribution in [-0.4, -0.2) is 0 Å². The first-order chi connectivity index (χ1) is 5.99. The molecule has 70 valence electrons. The minimum atomic E-state index is 0.211. The first-order valence-corrected chi connectivity index (χ1v) is 4.53. The lowest BCUT2D eigenvalue weighted by molar-refractivity contribution is 0.547. The molecule has 0 saturated carbocycles. The summed E-state index contributed by atoms with van der Waals surface area (Å²) < 4.78 is 0. The fourth-order valence-electron chi connectivity index (χ4n) is 1.00. The van der Waals surface area contributed by atoms with Gasteiger partial charge in [-0.1, -0.05) is 51.1 Å². The van der Waals surface area contributed by atoms with Crippen molar-refractivity contribution in [1.82, 2.24) is 0 Å². The van der Waals surface area contributed by atoms with Crippen LogP contribution < -0.4 is 5.73 Å². The van der Waals surface area contributed by atoms with Crippen molar-refractivity contribution >= 4 is 11.8 Å². The van der Waals surface area contributed by atoms with E-state index in [1.807, 2.05) is 24.3 Å². The number of nitrogens with two attached hydrogens (primary N) is 1. The minimum absolute atomic E-state index is 0.211. The van der Waals surface area contributed by atoms with Gasteiger partial charge in [0.1, 0.15) is 0 Å². The maximum Gasteiger partial charge on any atom is 0.0387 e. The van der Waals surface area contributed by atoms with Gasteiger partial charge in [0.2, 0.25) is 0 Å². The summed E-state index contributed by atoms with van der Waals surface area (Å²) in [6.45, 7) is 6.51. The van der Waals surface area contributed by atoms with E-state index in [0.29, 0.717) is 0 Å². The summed E-state index contributed by atoms with van der Waals surface area (Å²) in [5, 5.41) is 0. The molecule has 1 aromatic carbocycles. The van der Waals surface area contributed by atoms with Crippen LogP contribution >= 0.6 is 0 Å². The topological polar surface area (TPSA) is 26.0 Å². The van der Waals surface area contributed by atoms with E-state index in [0.717, 1.165) is 11.3 Å². The SMILES string of the molecule is CC(C)(C)/C=C/c1ccccc1N. The first-order valence-electron chi connectivity index (χ1n) is 4.53. The smallest absolute Gasteiger partial charge is 0.0387 e. The summed E-state index contributed by atoms with van der Waals surface area (Å²) in [6.07, 6.45) is 4.24. The number of nitrogen functional groups attached to an aromatic ring is 1. The number of anilines is 1. The van der Waals surface area contributed by atoms with E-state index in [4.69, 9.17) is 5.73 Å². The van der Waals surface area contributed by atoms with E-state index >= 15 is 0 Å². The highest BCUT2D eigenvalue weighted by Gasteiger charge is 2.03. The summed E-state index contributed by atoms with van der Waals surface area (Å²) in [5.74, 6) is 0. The van der Waals surface area contributed by atoms with Gasteiger partial charge in [0.25, 0.3) is 0 Å². The summed E-state index contributed by atoms with van der Waals surface area (Å²) in [7, 11) is 0. The highest BCUT2D eigenvalue weighted by molar-refractivity contribution is 5.64. The van der Waals surface area contributed by atoms with Gasteiger partial charge >= 0.3 is 0 Å². The van der Waals surface area contributed by atoms with E-state index in [1.165, 1.54) is 0 Å². The zero-order valence-corrected chi connectivity index (χ0v) is 8.54. The van der Waals surface area contributed by atoms with Gasteiger partial charge in [0.15, 0.2) is 0 Å². The van der Waals surface area contributed by atoms with Crippen LogP contribution in [0.3, 0.4) is 0 Å². The summed E-state index contributed by atoms with van der Waals surface area (Å²) in [5.41, 5.74) is 7.94. The van der Waals surface area contributed by atoms with Crippen LogP contribution in [0, 0.1) is 5.41 Å². The van der Waals surface area contributed by atoms with Gasteiger partial charge in [0, 0.05) is 5.69 Å². The third-order valence-electron chi connectivity index (χ3n) is 1.76. The molecular formula is C12H17N. The molecule has 0 heterocycles. The van der Waals surface area contributed by atoms with Crippen molar-refractivity contribution < 1.29 is 0 Å². The van der Waals surface area contributed by atoms with Crippen molar-refractivity contribution in [2.45, 2.75) is 20.8 Å². The van der Waals surface area contributed by atoms with Crippen LogP contribution in [0.15, 0.2) is 30.3 Å². The lowest BCUT2D eigenvalue weighted by Crippen LogP contribution is -1.98. The van der Waals surface area contributed by atoms with Gasteiger partial charge in [-0.05, 0) is 17.0 Å². The molecular weight excluding hydrogens is 158 g/mol. The average molecular weight is 175 g/mol. The Labute approximate surface area is 80.3 Å². The predicted molar refractivity (Wildman–Crippen MR) is 59.3 cm³/mol. The molecule has 0 fully saturated rings. The summed E-state index contributed by atoms with van der Waals surface area (Å²) in [6, 6.07) is 7.89. The van der Waals surface area contributed by atoms with E-state index in [-0.39, 0.29) is 5.41 Å². The summed E-state index contributed by atoms with van der Waals surface area (Å²) >= 11 is 0.